The van der Waals surface area contributed by atoms with Crippen molar-refractivity contribution in [2.45, 2.75) is 6.61 Å². The lowest BCUT2D eigenvalue weighted by atomic mass is 10.2. The van der Waals surface area contributed by atoms with Crippen molar-refractivity contribution in [2.24, 2.45) is 0 Å². The summed E-state index contributed by atoms with van der Waals surface area (Å²) in [5.74, 6) is 0. The maximum atomic E-state index is 10.8. The zero-order valence-corrected chi connectivity index (χ0v) is 10.0. The predicted octanol–water partition coefficient (Wildman–Crippen LogP) is 1.13. The number of rotatable bonds is 5. The van der Waals surface area contributed by atoms with E-state index in [0.717, 1.165) is 0 Å². The number of carbonyl (C=O) groups excluding carboxylic acids is 1. The number of benzene rings is 1. The number of carbonyl (C=O) groups is 1. The summed E-state index contributed by atoms with van der Waals surface area (Å²) in [6, 6.07) is 5.89. The van der Waals surface area contributed by atoms with Crippen LogP contribution in [0.25, 0.3) is 5.69 Å². The van der Waals surface area contributed by atoms with Crippen molar-refractivity contribution in [1.82, 2.24) is 15.0 Å². The Morgan fingerprint density at radius 2 is 2.32 bits per heavy atom. The van der Waals surface area contributed by atoms with Crippen molar-refractivity contribution >= 4 is 12.0 Å². The number of ether oxygens (including phenoxy) is 1. The molecule has 1 heterocycles. The van der Waals surface area contributed by atoms with Gasteiger partial charge in [-0.05, 0) is 6.07 Å². The van der Waals surface area contributed by atoms with E-state index >= 15 is 0 Å². The molecule has 0 radical (unpaired) electrons. The number of aldehydes is 1. The molecule has 0 atom stereocenters. The summed E-state index contributed by atoms with van der Waals surface area (Å²) in [5.41, 5.74) is 0.970. The summed E-state index contributed by atoms with van der Waals surface area (Å²) in [5, 5.41) is 18.2. The second kappa shape index (κ2) is 5.36. The molecular formula is C11H10N4O4. The average Bonchev–Trinajstić information content (AvgIpc) is 2.82. The smallest absolute Gasteiger partial charge is 0.271 e. The van der Waals surface area contributed by atoms with E-state index in [0.29, 0.717) is 17.7 Å². The molecule has 19 heavy (non-hydrogen) atoms. The molecule has 0 saturated heterocycles. The predicted molar refractivity (Wildman–Crippen MR) is 64.1 cm³/mol. The summed E-state index contributed by atoms with van der Waals surface area (Å²) in [7, 11) is 1.47. The summed E-state index contributed by atoms with van der Waals surface area (Å²) in [4.78, 5) is 21.1. The molecule has 1 aromatic carbocycles. The Hall–Kier alpha value is -2.61. The van der Waals surface area contributed by atoms with Crippen LogP contribution in [0.15, 0.2) is 24.3 Å². The lowest BCUT2D eigenvalue weighted by Gasteiger charge is -2.05. The minimum atomic E-state index is -0.503. The van der Waals surface area contributed by atoms with Crippen molar-refractivity contribution < 1.29 is 14.5 Å². The molecule has 0 aliphatic heterocycles. The van der Waals surface area contributed by atoms with Gasteiger partial charge in [0.2, 0.25) is 0 Å². The number of nitro benzene ring substituents is 1. The highest BCUT2D eigenvalue weighted by Gasteiger charge is 2.15. The van der Waals surface area contributed by atoms with Crippen LogP contribution in [0.5, 0.6) is 0 Å². The summed E-state index contributed by atoms with van der Waals surface area (Å²) in [6.45, 7) is 0.129. The molecule has 0 fully saturated rings. The van der Waals surface area contributed by atoms with Gasteiger partial charge in [-0.1, -0.05) is 11.3 Å². The van der Waals surface area contributed by atoms with Crippen LogP contribution in [0, 0.1) is 10.1 Å². The molecule has 8 nitrogen and oxygen atoms in total. The molecule has 2 aromatic rings. The maximum absolute atomic E-state index is 10.8. The molecule has 0 aliphatic rings. The normalized spacial score (nSPS) is 10.4. The van der Waals surface area contributed by atoms with Crippen LogP contribution >= 0.6 is 0 Å². The van der Waals surface area contributed by atoms with Crippen molar-refractivity contribution in [3.63, 3.8) is 0 Å². The van der Waals surface area contributed by atoms with Crippen LogP contribution in [0.4, 0.5) is 5.69 Å². The fourth-order valence-corrected chi connectivity index (χ4v) is 1.62. The van der Waals surface area contributed by atoms with Crippen LogP contribution < -0.4 is 0 Å². The highest BCUT2D eigenvalue weighted by molar-refractivity contribution is 5.73. The topological polar surface area (TPSA) is 100 Å². The largest absolute Gasteiger partial charge is 0.378 e. The number of hydrogen-bond acceptors (Lipinski definition) is 6. The van der Waals surface area contributed by atoms with Crippen molar-refractivity contribution in [2.75, 3.05) is 7.11 Å². The first-order valence-electron chi connectivity index (χ1n) is 5.31. The average molecular weight is 262 g/mol. The number of aromatic nitrogens is 3. The molecule has 0 bridgehead atoms. The standard InChI is InChI=1S/C11H10N4O4/c1-19-7-11-10(6-16)12-13-14(11)8-3-2-4-9(5-8)15(17)18/h2-6H,7H2,1H3. The summed E-state index contributed by atoms with van der Waals surface area (Å²) >= 11 is 0. The monoisotopic (exact) mass is 262 g/mol. The van der Waals surface area contributed by atoms with Crippen molar-refractivity contribution in [1.29, 1.82) is 0 Å². The van der Waals surface area contributed by atoms with E-state index in [1.165, 1.54) is 30.0 Å². The second-order valence-electron chi connectivity index (χ2n) is 3.66. The molecule has 0 amide bonds. The number of hydrogen-bond donors (Lipinski definition) is 0. The Balaban J connectivity index is 2.52. The van der Waals surface area contributed by atoms with Gasteiger partial charge in [0.15, 0.2) is 12.0 Å². The zero-order chi connectivity index (χ0) is 13.8. The first-order valence-corrected chi connectivity index (χ1v) is 5.31. The van der Waals surface area contributed by atoms with E-state index in [-0.39, 0.29) is 18.0 Å². The van der Waals surface area contributed by atoms with Gasteiger partial charge in [0.05, 0.1) is 17.2 Å². The molecule has 0 spiro atoms. The highest BCUT2D eigenvalue weighted by Crippen LogP contribution is 2.18. The molecule has 0 N–H and O–H groups in total. The Labute approximate surface area is 107 Å². The van der Waals surface area contributed by atoms with Crippen molar-refractivity contribution in [3.8, 4) is 5.69 Å². The van der Waals surface area contributed by atoms with E-state index in [1.807, 2.05) is 0 Å². The van der Waals surface area contributed by atoms with Crippen LogP contribution in [-0.2, 0) is 11.3 Å². The van der Waals surface area contributed by atoms with Gasteiger partial charge in [-0.15, -0.1) is 5.10 Å². The van der Waals surface area contributed by atoms with Crippen LogP contribution in [-0.4, -0.2) is 33.3 Å². The molecule has 0 unspecified atom stereocenters. The fraction of sp³-hybridized carbons (Fsp3) is 0.182. The molecular weight excluding hydrogens is 252 g/mol. The molecule has 0 aliphatic carbocycles. The van der Waals surface area contributed by atoms with E-state index in [4.69, 9.17) is 4.74 Å². The van der Waals surface area contributed by atoms with E-state index in [9.17, 15) is 14.9 Å². The van der Waals surface area contributed by atoms with Crippen LogP contribution in [0.3, 0.4) is 0 Å². The second-order valence-corrected chi connectivity index (χ2v) is 3.66. The third-order valence-electron chi connectivity index (χ3n) is 2.47. The third-order valence-corrected chi connectivity index (χ3v) is 2.47. The van der Waals surface area contributed by atoms with Gasteiger partial charge < -0.3 is 4.74 Å². The minimum Gasteiger partial charge on any atom is -0.378 e. The van der Waals surface area contributed by atoms with Gasteiger partial charge in [-0.2, -0.15) is 0 Å². The van der Waals surface area contributed by atoms with Gasteiger partial charge in [0, 0.05) is 19.2 Å². The van der Waals surface area contributed by atoms with Gasteiger partial charge in [0.25, 0.3) is 5.69 Å². The highest BCUT2D eigenvalue weighted by atomic mass is 16.6. The lowest BCUT2D eigenvalue weighted by molar-refractivity contribution is -0.384. The summed E-state index contributed by atoms with van der Waals surface area (Å²) < 4.78 is 6.32. The van der Waals surface area contributed by atoms with E-state index in [1.54, 1.807) is 6.07 Å². The molecule has 98 valence electrons. The first-order chi connectivity index (χ1) is 9.17. The van der Waals surface area contributed by atoms with Crippen LogP contribution in [0.2, 0.25) is 0 Å². The number of nitro groups is 1. The first kappa shape index (κ1) is 12.8. The van der Waals surface area contributed by atoms with Gasteiger partial charge in [-0.25, -0.2) is 4.68 Å². The Morgan fingerprint density at radius 3 is 2.95 bits per heavy atom. The SMILES string of the molecule is COCc1c(C=O)nnn1-c1cccc([N+](=O)[O-])c1. The fourth-order valence-electron chi connectivity index (χ4n) is 1.62. The third kappa shape index (κ3) is 2.47. The molecule has 1 aromatic heterocycles. The van der Waals surface area contributed by atoms with E-state index < -0.39 is 4.92 Å². The van der Waals surface area contributed by atoms with Crippen molar-refractivity contribution in [3.05, 3.63) is 45.8 Å². The van der Waals surface area contributed by atoms with Gasteiger partial charge in [0.1, 0.15) is 5.69 Å². The Morgan fingerprint density at radius 1 is 1.53 bits per heavy atom. The Kier molecular flexibility index (Phi) is 3.62. The molecule has 8 heteroatoms. The molecule has 0 saturated carbocycles. The number of methoxy groups -OCH3 is 1. The number of non-ortho nitro benzene ring substituents is 1. The quantitative estimate of drug-likeness (QED) is 0.455. The Bertz CT molecular complexity index is 623. The minimum absolute atomic E-state index is 0.0657. The zero-order valence-electron chi connectivity index (χ0n) is 10.0. The number of nitrogens with zero attached hydrogens (tertiary/aromatic N) is 4. The van der Waals surface area contributed by atoms with E-state index in [2.05, 4.69) is 10.3 Å². The lowest BCUT2D eigenvalue weighted by Crippen LogP contribution is -2.05. The maximum Gasteiger partial charge on any atom is 0.271 e. The van der Waals surface area contributed by atoms with Crippen LogP contribution in [0.1, 0.15) is 16.2 Å². The van der Waals surface area contributed by atoms with Gasteiger partial charge in [-0.3, -0.25) is 14.9 Å². The molecule has 2 rings (SSSR count). The van der Waals surface area contributed by atoms with Gasteiger partial charge >= 0.3 is 0 Å². The summed E-state index contributed by atoms with van der Waals surface area (Å²) in [6.07, 6.45) is 0.565.